The van der Waals surface area contributed by atoms with Crippen molar-refractivity contribution in [2.45, 2.75) is 18.7 Å². The molecule has 0 amide bonds. The fraction of sp³-hybridized carbons (Fsp3) is 0.190. The molecule has 0 saturated carbocycles. The molecule has 5 nitrogen and oxygen atoms in total. The molecule has 3 aromatic rings. The predicted molar refractivity (Wildman–Crippen MR) is 110 cm³/mol. The van der Waals surface area contributed by atoms with E-state index in [4.69, 9.17) is 26.2 Å². The molecule has 0 spiro atoms. The number of hydrazone groups is 1. The Morgan fingerprint density at radius 1 is 1.25 bits per heavy atom. The van der Waals surface area contributed by atoms with Crippen molar-refractivity contribution in [1.82, 2.24) is 5.01 Å². The zero-order chi connectivity index (χ0) is 19.3. The van der Waals surface area contributed by atoms with Gasteiger partial charge in [0.05, 0.1) is 23.7 Å². The average Bonchev–Trinajstić information content (AvgIpc) is 3.38. The van der Waals surface area contributed by atoms with Crippen LogP contribution in [0.15, 0.2) is 59.0 Å². The average molecular weight is 413 g/mol. The zero-order valence-electron chi connectivity index (χ0n) is 15.0. The van der Waals surface area contributed by atoms with Crippen molar-refractivity contribution in [3.05, 3.63) is 74.9 Å². The zero-order valence-corrected chi connectivity index (χ0v) is 16.6. The van der Waals surface area contributed by atoms with Gasteiger partial charge >= 0.3 is 0 Å². The van der Waals surface area contributed by atoms with Crippen LogP contribution in [0.2, 0.25) is 5.02 Å². The van der Waals surface area contributed by atoms with Crippen molar-refractivity contribution in [3.8, 4) is 17.2 Å². The van der Waals surface area contributed by atoms with Gasteiger partial charge in [-0.1, -0.05) is 17.7 Å². The Bertz CT molecular complexity index is 1070. The Kier molecular flexibility index (Phi) is 4.18. The van der Waals surface area contributed by atoms with E-state index in [9.17, 15) is 5.11 Å². The normalized spacial score (nSPS) is 20.2. The first-order valence-electron chi connectivity index (χ1n) is 8.87. The lowest BCUT2D eigenvalue weighted by molar-refractivity contribution is -0.0165. The van der Waals surface area contributed by atoms with E-state index in [1.165, 1.54) is 7.11 Å². The lowest BCUT2D eigenvalue weighted by Crippen LogP contribution is -2.33. The molecule has 28 heavy (non-hydrogen) atoms. The van der Waals surface area contributed by atoms with Crippen LogP contribution < -0.4 is 9.47 Å². The number of aromatic hydroxyl groups is 1. The Balaban J connectivity index is 1.59. The summed E-state index contributed by atoms with van der Waals surface area (Å²) in [5.74, 6) is 1.38. The lowest BCUT2D eigenvalue weighted by atomic mass is 9.96. The smallest absolute Gasteiger partial charge is 0.222 e. The molecule has 7 heteroatoms. The SMILES string of the molecule is COc1cc(C2=NN3[C@@H](c4cccs4)Oc4ccc(Cl)cc4[C@@H]3C2)ccc1O. The monoisotopic (exact) mass is 412 g/mol. The van der Waals surface area contributed by atoms with Crippen molar-refractivity contribution in [1.29, 1.82) is 0 Å². The maximum Gasteiger partial charge on any atom is 0.222 e. The van der Waals surface area contributed by atoms with E-state index in [1.54, 1.807) is 17.4 Å². The summed E-state index contributed by atoms with van der Waals surface area (Å²) in [7, 11) is 1.54. The molecule has 0 radical (unpaired) electrons. The van der Waals surface area contributed by atoms with Crippen LogP contribution in [0.25, 0.3) is 0 Å². The third-order valence-corrected chi connectivity index (χ3v) is 6.19. The van der Waals surface area contributed by atoms with Crippen molar-refractivity contribution in [3.63, 3.8) is 0 Å². The van der Waals surface area contributed by atoms with Crippen LogP contribution in [0.4, 0.5) is 0 Å². The van der Waals surface area contributed by atoms with E-state index in [0.717, 1.165) is 27.5 Å². The first kappa shape index (κ1) is 17.4. The van der Waals surface area contributed by atoms with E-state index in [2.05, 4.69) is 6.07 Å². The van der Waals surface area contributed by atoms with E-state index in [0.29, 0.717) is 17.2 Å². The second-order valence-corrected chi connectivity index (χ2v) is 8.12. The molecular weight excluding hydrogens is 396 g/mol. The van der Waals surface area contributed by atoms with Crippen molar-refractivity contribution < 1.29 is 14.6 Å². The number of benzene rings is 2. The molecule has 2 aromatic carbocycles. The van der Waals surface area contributed by atoms with Crippen molar-refractivity contribution >= 4 is 28.6 Å². The molecule has 2 aliphatic rings. The number of phenols is 1. The van der Waals surface area contributed by atoms with Crippen molar-refractivity contribution in [2.24, 2.45) is 5.10 Å². The number of hydrogen-bond acceptors (Lipinski definition) is 6. The predicted octanol–water partition coefficient (Wildman–Crippen LogP) is 5.36. The topological polar surface area (TPSA) is 54.3 Å². The van der Waals surface area contributed by atoms with Gasteiger partial charge in [-0.05, 0) is 47.8 Å². The second-order valence-electron chi connectivity index (χ2n) is 6.70. The van der Waals surface area contributed by atoms with Crippen LogP contribution in [0.3, 0.4) is 0 Å². The highest BCUT2D eigenvalue weighted by atomic mass is 35.5. The molecule has 0 aliphatic carbocycles. The van der Waals surface area contributed by atoms with Gasteiger partial charge in [-0.3, -0.25) is 0 Å². The molecule has 5 rings (SSSR count). The lowest BCUT2D eigenvalue weighted by Gasteiger charge is -2.37. The van der Waals surface area contributed by atoms with Crippen LogP contribution in [0, 0.1) is 0 Å². The molecule has 2 aliphatic heterocycles. The van der Waals surface area contributed by atoms with Crippen LogP contribution in [-0.4, -0.2) is 22.9 Å². The number of phenolic OH excluding ortho intramolecular Hbond substituents is 1. The fourth-order valence-electron chi connectivity index (χ4n) is 3.71. The number of ether oxygens (including phenoxy) is 2. The van der Waals surface area contributed by atoms with Gasteiger partial charge in [0.1, 0.15) is 5.75 Å². The van der Waals surface area contributed by atoms with Gasteiger partial charge in [-0.25, -0.2) is 5.01 Å². The third kappa shape index (κ3) is 2.80. The molecule has 3 heterocycles. The Labute approximate surface area is 171 Å². The molecule has 0 fully saturated rings. The molecule has 2 atom stereocenters. The summed E-state index contributed by atoms with van der Waals surface area (Å²) in [5, 5.41) is 19.5. The Morgan fingerprint density at radius 2 is 2.14 bits per heavy atom. The molecule has 1 N–H and O–H groups in total. The molecular formula is C21H17ClN2O3S. The first-order chi connectivity index (χ1) is 13.6. The van der Waals surface area contributed by atoms with E-state index >= 15 is 0 Å². The fourth-order valence-corrected chi connectivity index (χ4v) is 4.63. The maximum absolute atomic E-state index is 9.90. The van der Waals surface area contributed by atoms with Gasteiger partial charge in [-0.2, -0.15) is 5.10 Å². The van der Waals surface area contributed by atoms with Gasteiger partial charge in [0.15, 0.2) is 11.5 Å². The van der Waals surface area contributed by atoms with Gasteiger partial charge in [0.2, 0.25) is 6.23 Å². The molecule has 142 valence electrons. The standard InChI is InChI=1S/C21H17ClN2O3S/c1-26-19-9-12(4-6-17(19)25)15-11-16-14-10-13(22)5-7-18(14)27-21(24(16)23-15)20-3-2-8-28-20/h2-10,16,21,25H,11H2,1H3/t16-,21+/m0/s1. The molecule has 0 bridgehead atoms. The number of fused-ring (bicyclic) bond motifs is 3. The summed E-state index contributed by atoms with van der Waals surface area (Å²) in [6.45, 7) is 0. The van der Waals surface area contributed by atoms with Gasteiger partial charge in [0, 0.05) is 22.6 Å². The number of nitrogens with zero attached hydrogens (tertiary/aromatic N) is 2. The number of hydrogen-bond donors (Lipinski definition) is 1. The number of thiophene rings is 1. The highest BCUT2D eigenvalue weighted by Gasteiger charge is 2.41. The highest BCUT2D eigenvalue weighted by Crippen LogP contribution is 2.49. The second kappa shape index (κ2) is 6.72. The van der Waals surface area contributed by atoms with E-state index in [-0.39, 0.29) is 18.0 Å². The largest absolute Gasteiger partial charge is 0.504 e. The maximum atomic E-state index is 9.90. The summed E-state index contributed by atoms with van der Waals surface area (Å²) >= 11 is 7.91. The first-order valence-corrected chi connectivity index (χ1v) is 10.1. The summed E-state index contributed by atoms with van der Waals surface area (Å²) in [5.41, 5.74) is 2.86. The van der Waals surface area contributed by atoms with Crippen molar-refractivity contribution in [2.75, 3.05) is 7.11 Å². The third-order valence-electron chi connectivity index (χ3n) is 5.05. The van der Waals surface area contributed by atoms with Gasteiger partial charge < -0.3 is 14.6 Å². The summed E-state index contributed by atoms with van der Waals surface area (Å²) in [4.78, 5) is 1.10. The molecule has 1 aromatic heterocycles. The molecule has 0 unspecified atom stereocenters. The van der Waals surface area contributed by atoms with Crippen LogP contribution in [0.5, 0.6) is 17.2 Å². The minimum absolute atomic E-state index is 0.0318. The van der Waals surface area contributed by atoms with Crippen LogP contribution in [0.1, 0.15) is 34.7 Å². The summed E-state index contributed by atoms with van der Waals surface area (Å²) in [6.07, 6.45) is 0.433. The summed E-state index contributed by atoms with van der Waals surface area (Å²) < 4.78 is 11.6. The van der Waals surface area contributed by atoms with Gasteiger partial charge in [0.25, 0.3) is 0 Å². The minimum atomic E-state index is -0.282. The Morgan fingerprint density at radius 3 is 2.93 bits per heavy atom. The molecule has 0 saturated heterocycles. The Hall–Kier alpha value is -2.70. The number of halogens is 1. The van der Waals surface area contributed by atoms with E-state index < -0.39 is 0 Å². The number of methoxy groups -OCH3 is 1. The quantitative estimate of drug-likeness (QED) is 0.629. The van der Waals surface area contributed by atoms with Crippen LogP contribution >= 0.6 is 22.9 Å². The number of rotatable bonds is 3. The van der Waals surface area contributed by atoms with Crippen LogP contribution in [-0.2, 0) is 0 Å². The summed E-state index contributed by atoms with van der Waals surface area (Å²) in [6, 6.07) is 15.1. The highest BCUT2D eigenvalue weighted by molar-refractivity contribution is 7.10. The van der Waals surface area contributed by atoms with Gasteiger partial charge in [-0.15, -0.1) is 11.3 Å². The van der Waals surface area contributed by atoms with E-state index in [1.807, 2.05) is 46.8 Å². The minimum Gasteiger partial charge on any atom is -0.504 e.